The van der Waals surface area contributed by atoms with Crippen LogP contribution in [0.1, 0.15) is 27.2 Å². The van der Waals surface area contributed by atoms with E-state index in [1.54, 1.807) is 0 Å². The molecular weight excluding hydrogens is 326 g/mol. The summed E-state index contributed by atoms with van der Waals surface area (Å²) in [7, 11) is -2.48. The molecule has 0 bridgehead atoms. The fourth-order valence-corrected chi connectivity index (χ4v) is 8.65. The molecule has 2 atom stereocenters. The molecule has 0 aromatic heterocycles. The van der Waals surface area contributed by atoms with Crippen LogP contribution in [-0.4, -0.2) is 38.7 Å². The van der Waals surface area contributed by atoms with Crippen molar-refractivity contribution in [3.63, 3.8) is 0 Å². The van der Waals surface area contributed by atoms with E-state index in [0.29, 0.717) is 0 Å². The third-order valence-corrected chi connectivity index (χ3v) is 10.3. The number of hydrogen-bond donors (Lipinski definition) is 2. The lowest BCUT2D eigenvalue weighted by Gasteiger charge is -2.44. The molecule has 1 fully saturated rings. The van der Waals surface area contributed by atoms with Gasteiger partial charge in [0.2, 0.25) is 0 Å². The molecule has 1 aliphatic heterocycles. The second-order valence-electron chi connectivity index (χ2n) is 7.93. The number of aliphatic hydroxyl groups excluding tert-OH is 1. The highest BCUT2D eigenvalue weighted by Gasteiger charge is 2.51. The van der Waals surface area contributed by atoms with E-state index in [2.05, 4.69) is 86.8 Å². The Morgan fingerprint density at radius 3 is 1.92 bits per heavy atom. The SMILES string of the molecule is CC(C)(C)[Si](O[C@H]1CN[C@@H](CO)C1)(c1ccccc1)c1ccccc1. The molecule has 0 unspecified atom stereocenters. The van der Waals surface area contributed by atoms with Crippen molar-refractivity contribution in [3.05, 3.63) is 60.7 Å². The summed E-state index contributed by atoms with van der Waals surface area (Å²) in [5.41, 5.74) is 0. The number of aliphatic hydroxyl groups is 1. The normalized spacial score (nSPS) is 21.4. The first-order valence-corrected chi connectivity index (χ1v) is 11.0. The number of hydrogen-bond acceptors (Lipinski definition) is 3. The fourth-order valence-electron chi connectivity index (χ4n) is 3.95. The summed E-state index contributed by atoms with van der Waals surface area (Å²) < 4.78 is 7.03. The second kappa shape index (κ2) is 7.42. The van der Waals surface area contributed by atoms with Crippen LogP contribution >= 0.6 is 0 Å². The van der Waals surface area contributed by atoms with E-state index >= 15 is 0 Å². The Balaban J connectivity index is 2.09. The Kier molecular flexibility index (Phi) is 5.44. The summed E-state index contributed by atoms with van der Waals surface area (Å²) in [5.74, 6) is 0. The Labute approximate surface area is 152 Å². The average molecular weight is 356 g/mol. The van der Waals surface area contributed by atoms with Crippen LogP contribution in [0.25, 0.3) is 0 Å². The molecule has 2 N–H and O–H groups in total. The smallest absolute Gasteiger partial charge is 0.261 e. The lowest BCUT2D eigenvalue weighted by atomic mass is 10.2. The molecule has 3 nitrogen and oxygen atoms in total. The van der Waals surface area contributed by atoms with Gasteiger partial charge in [0.1, 0.15) is 0 Å². The van der Waals surface area contributed by atoms with Gasteiger partial charge in [-0.1, -0.05) is 81.4 Å². The minimum atomic E-state index is -2.48. The van der Waals surface area contributed by atoms with Gasteiger partial charge in [-0.2, -0.15) is 0 Å². The van der Waals surface area contributed by atoms with Crippen LogP contribution in [0.4, 0.5) is 0 Å². The summed E-state index contributed by atoms with van der Waals surface area (Å²) in [6.45, 7) is 7.86. The molecule has 4 heteroatoms. The Morgan fingerprint density at radius 1 is 1.00 bits per heavy atom. The minimum Gasteiger partial charge on any atom is -0.403 e. The third kappa shape index (κ3) is 3.58. The van der Waals surface area contributed by atoms with E-state index in [1.807, 2.05) is 0 Å². The highest BCUT2D eigenvalue weighted by atomic mass is 28.4. The van der Waals surface area contributed by atoms with Gasteiger partial charge in [-0.15, -0.1) is 0 Å². The van der Waals surface area contributed by atoms with Gasteiger partial charge in [-0.3, -0.25) is 0 Å². The lowest BCUT2D eigenvalue weighted by molar-refractivity contribution is 0.194. The monoisotopic (exact) mass is 355 g/mol. The van der Waals surface area contributed by atoms with Crippen LogP contribution in [0.15, 0.2) is 60.7 Å². The van der Waals surface area contributed by atoms with E-state index in [-0.39, 0.29) is 23.8 Å². The van der Waals surface area contributed by atoms with Crippen LogP contribution in [0.3, 0.4) is 0 Å². The zero-order chi connectivity index (χ0) is 17.9. The zero-order valence-corrected chi connectivity index (χ0v) is 16.4. The highest BCUT2D eigenvalue weighted by molar-refractivity contribution is 6.99. The molecule has 2 aromatic rings. The topological polar surface area (TPSA) is 41.5 Å². The third-order valence-electron chi connectivity index (χ3n) is 5.16. The van der Waals surface area contributed by atoms with Crippen LogP contribution in [0.5, 0.6) is 0 Å². The summed E-state index contributed by atoms with van der Waals surface area (Å²) >= 11 is 0. The van der Waals surface area contributed by atoms with Crippen molar-refractivity contribution < 1.29 is 9.53 Å². The van der Waals surface area contributed by atoms with Gasteiger partial charge >= 0.3 is 0 Å². The van der Waals surface area contributed by atoms with E-state index in [9.17, 15) is 5.11 Å². The van der Waals surface area contributed by atoms with Gasteiger partial charge in [0.25, 0.3) is 8.32 Å². The van der Waals surface area contributed by atoms with Crippen molar-refractivity contribution in [2.24, 2.45) is 0 Å². The van der Waals surface area contributed by atoms with Crippen molar-refractivity contribution in [1.29, 1.82) is 0 Å². The molecule has 25 heavy (non-hydrogen) atoms. The maximum absolute atomic E-state index is 9.47. The van der Waals surface area contributed by atoms with Crippen LogP contribution < -0.4 is 15.7 Å². The summed E-state index contributed by atoms with van der Waals surface area (Å²) in [6.07, 6.45) is 0.990. The van der Waals surface area contributed by atoms with E-state index in [1.165, 1.54) is 10.4 Å². The Hall–Kier alpha value is -1.46. The molecule has 0 radical (unpaired) electrons. The molecule has 1 heterocycles. The minimum absolute atomic E-state index is 0.00694. The first-order valence-electron chi connectivity index (χ1n) is 9.10. The average Bonchev–Trinajstić information content (AvgIpc) is 3.08. The molecule has 134 valence electrons. The van der Waals surface area contributed by atoms with Gasteiger partial charge in [-0.25, -0.2) is 0 Å². The van der Waals surface area contributed by atoms with Crippen molar-refractivity contribution >= 4 is 18.7 Å². The van der Waals surface area contributed by atoms with Crippen molar-refractivity contribution in [1.82, 2.24) is 5.32 Å². The van der Waals surface area contributed by atoms with Gasteiger partial charge in [0.15, 0.2) is 0 Å². The largest absolute Gasteiger partial charge is 0.403 e. The maximum Gasteiger partial charge on any atom is 0.261 e. The first kappa shape index (κ1) is 18.3. The first-order chi connectivity index (χ1) is 12.0. The van der Waals surface area contributed by atoms with E-state index < -0.39 is 8.32 Å². The van der Waals surface area contributed by atoms with Gasteiger partial charge < -0.3 is 14.8 Å². The van der Waals surface area contributed by atoms with Crippen LogP contribution in [0.2, 0.25) is 5.04 Å². The van der Waals surface area contributed by atoms with E-state index in [4.69, 9.17) is 4.43 Å². The van der Waals surface area contributed by atoms with Crippen molar-refractivity contribution in [3.8, 4) is 0 Å². The molecule has 2 aromatic carbocycles. The van der Waals surface area contributed by atoms with Crippen molar-refractivity contribution in [2.75, 3.05) is 13.2 Å². The van der Waals surface area contributed by atoms with Gasteiger partial charge in [0.05, 0.1) is 12.7 Å². The molecule has 1 aliphatic rings. The molecule has 0 amide bonds. The Morgan fingerprint density at radius 2 is 1.52 bits per heavy atom. The summed E-state index contributed by atoms with van der Waals surface area (Å²) in [6, 6.07) is 21.6. The standard InChI is InChI=1S/C21H29NO2Si/c1-21(2,3)25(19-10-6-4-7-11-19,20-12-8-5-9-13-20)24-18-14-17(16-23)22-15-18/h4-13,17-18,22-23H,14-16H2,1-3H3/t17-,18-/m1/s1. The zero-order valence-electron chi connectivity index (χ0n) is 15.4. The number of rotatable bonds is 5. The van der Waals surface area contributed by atoms with Gasteiger partial charge in [0, 0.05) is 12.6 Å². The maximum atomic E-state index is 9.47. The molecule has 0 spiro atoms. The summed E-state index contributed by atoms with van der Waals surface area (Å²) in [4.78, 5) is 0. The van der Waals surface area contributed by atoms with Gasteiger partial charge in [-0.05, 0) is 21.8 Å². The number of benzene rings is 2. The van der Waals surface area contributed by atoms with E-state index in [0.717, 1.165) is 13.0 Å². The second-order valence-corrected chi connectivity index (χ2v) is 12.2. The molecular formula is C21H29NO2Si. The predicted octanol–water partition coefficient (Wildman–Crippen LogP) is 2.29. The van der Waals surface area contributed by atoms with Crippen molar-refractivity contribution in [2.45, 2.75) is 44.4 Å². The fraction of sp³-hybridized carbons (Fsp3) is 0.429. The molecule has 0 saturated carbocycles. The number of nitrogens with one attached hydrogen (secondary N) is 1. The predicted molar refractivity (Wildman–Crippen MR) is 106 cm³/mol. The molecule has 1 saturated heterocycles. The van der Waals surface area contributed by atoms with Crippen LogP contribution in [0, 0.1) is 0 Å². The highest BCUT2D eigenvalue weighted by Crippen LogP contribution is 2.38. The molecule has 0 aliphatic carbocycles. The molecule has 3 rings (SSSR count). The lowest BCUT2D eigenvalue weighted by Crippen LogP contribution is -2.67. The quantitative estimate of drug-likeness (QED) is 0.809. The summed E-state index contributed by atoms with van der Waals surface area (Å²) in [5, 5.41) is 15.5. The van der Waals surface area contributed by atoms with Crippen LogP contribution in [-0.2, 0) is 4.43 Å². The Bertz CT molecular complexity index is 630.